The number of carbonyl (C=O) groups excluding carboxylic acids is 1. The van der Waals surface area contributed by atoms with Crippen LogP contribution < -0.4 is 10.6 Å². The molecule has 0 atom stereocenters. The van der Waals surface area contributed by atoms with E-state index in [2.05, 4.69) is 10.6 Å². The largest absolute Gasteiger partial charge is 0.396 e. The van der Waals surface area contributed by atoms with Crippen LogP contribution in [0, 0.1) is 11.3 Å². The van der Waals surface area contributed by atoms with Gasteiger partial charge in [0.05, 0.1) is 11.6 Å². The Morgan fingerprint density at radius 1 is 1.33 bits per heavy atom. The number of carbonyl (C=O) groups is 1. The Balaban J connectivity index is 2.29. The van der Waals surface area contributed by atoms with Gasteiger partial charge in [0.25, 0.3) is 0 Å². The molecular formula is C13H17N3O2. The van der Waals surface area contributed by atoms with E-state index in [4.69, 9.17) is 10.4 Å². The summed E-state index contributed by atoms with van der Waals surface area (Å²) in [6, 6.07) is 8.47. The van der Waals surface area contributed by atoms with Crippen LogP contribution in [0.1, 0.15) is 24.8 Å². The van der Waals surface area contributed by atoms with E-state index >= 15 is 0 Å². The Bertz CT molecular complexity index is 426. The molecule has 0 spiro atoms. The zero-order chi connectivity index (χ0) is 13.2. The molecule has 0 aliphatic rings. The average molecular weight is 247 g/mol. The van der Waals surface area contributed by atoms with Crippen molar-refractivity contribution in [3.63, 3.8) is 0 Å². The van der Waals surface area contributed by atoms with Crippen LogP contribution in [0.4, 0.5) is 10.5 Å². The Hall–Kier alpha value is -2.06. The Morgan fingerprint density at radius 2 is 2.17 bits per heavy atom. The molecule has 0 aliphatic carbocycles. The number of hydrogen-bond donors (Lipinski definition) is 3. The van der Waals surface area contributed by atoms with Gasteiger partial charge in [-0.3, -0.25) is 0 Å². The summed E-state index contributed by atoms with van der Waals surface area (Å²) >= 11 is 0. The molecule has 96 valence electrons. The lowest BCUT2D eigenvalue weighted by molar-refractivity contribution is 0.251. The summed E-state index contributed by atoms with van der Waals surface area (Å²) in [4.78, 5) is 11.5. The molecule has 2 amide bonds. The second-order valence-electron chi connectivity index (χ2n) is 3.86. The number of aliphatic hydroxyl groups is 1. The average Bonchev–Trinajstić information content (AvgIpc) is 2.38. The van der Waals surface area contributed by atoms with Crippen LogP contribution in [0.15, 0.2) is 24.3 Å². The number of nitriles is 1. The topological polar surface area (TPSA) is 85.2 Å². The number of unbranched alkanes of at least 4 members (excludes halogenated alkanes) is 2. The number of nitrogens with zero attached hydrogens (tertiary/aromatic N) is 1. The smallest absolute Gasteiger partial charge is 0.319 e. The number of aliphatic hydroxyl groups excluding tert-OH is 1. The maximum Gasteiger partial charge on any atom is 0.319 e. The van der Waals surface area contributed by atoms with Gasteiger partial charge >= 0.3 is 6.03 Å². The number of nitrogens with one attached hydrogen (secondary N) is 2. The van der Waals surface area contributed by atoms with E-state index in [1.807, 2.05) is 6.07 Å². The summed E-state index contributed by atoms with van der Waals surface area (Å²) in [6.45, 7) is 0.761. The molecule has 0 aliphatic heterocycles. The van der Waals surface area contributed by atoms with Gasteiger partial charge < -0.3 is 15.7 Å². The minimum absolute atomic E-state index is 0.188. The van der Waals surface area contributed by atoms with E-state index < -0.39 is 0 Å². The Kier molecular flexibility index (Phi) is 6.30. The van der Waals surface area contributed by atoms with Crippen molar-refractivity contribution in [3.05, 3.63) is 29.8 Å². The van der Waals surface area contributed by atoms with Gasteiger partial charge in [0.1, 0.15) is 0 Å². The van der Waals surface area contributed by atoms with Crippen LogP contribution in [0.2, 0.25) is 0 Å². The molecule has 5 nitrogen and oxygen atoms in total. The summed E-state index contributed by atoms with van der Waals surface area (Å²) in [5.41, 5.74) is 1.11. The molecule has 18 heavy (non-hydrogen) atoms. The highest BCUT2D eigenvalue weighted by molar-refractivity contribution is 5.89. The normalized spacial score (nSPS) is 9.56. The van der Waals surface area contributed by atoms with Gasteiger partial charge in [-0.1, -0.05) is 6.07 Å². The van der Waals surface area contributed by atoms with Crippen molar-refractivity contribution in [1.29, 1.82) is 5.26 Å². The first kappa shape index (κ1) is 14.0. The van der Waals surface area contributed by atoms with Gasteiger partial charge in [0.15, 0.2) is 0 Å². The summed E-state index contributed by atoms with van der Waals surface area (Å²) in [6.07, 6.45) is 2.49. The van der Waals surface area contributed by atoms with Gasteiger partial charge in [0, 0.05) is 18.8 Å². The molecule has 1 aromatic rings. The molecule has 1 rings (SSSR count). The van der Waals surface area contributed by atoms with Crippen molar-refractivity contribution in [1.82, 2.24) is 5.32 Å². The lowest BCUT2D eigenvalue weighted by atomic mass is 10.2. The lowest BCUT2D eigenvalue weighted by Gasteiger charge is -2.07. The van der Waals surface area contributed by atoms with Crippen LogP contribution in [-0.2, 0) is 0 Å². The third kappa shape index (κ3) is 5.32. The molecular weight excluding hydrogens is 230 g/mol. The zero-order valence-corrected chi connectivity index (χ0v) is 10.1. The fourth-order valence-corrected chi connectivity index (χ4v) is 1.46. The summed E-state index contributed by atoms with van der Waals surface area (Å²) in [5.74, 6) is 0. The first-order valence-corrected chi connectivity index (χ1v) is 5.92. The highest BCUT2D eigenvalue weighted by Crippen LogP contribution is 2.09. The van der Waals surface area contributed by atoms with Crippen molar-refractivity contribution < 1.29 is 9.90 Å². The first-order valence-electron chi connectivity index (χ1n) is 5.92. The second-order valence-corrected chi connectivity index (χ2v) is 3.86. The van der Waals surface area contributed by atoms with Crippen LogP contribution >= 0.6 is 0 Å². The molecule has 0 saturated heterocycles. The van der Waals surface area contributed by atoms with E-state index in [0.29, 0.717) is 17.8 Å². The minimum atomic E-state index is -0.283. The summed E-state index contributed by atoms with van der Waals surface area (Å²) < 4.78 is 0. The second kappa shape index (κ2) is 8.09. The number of hydrogen-bond acceptors (Lipinski definition) is 3. The molecule has 0 radical (unpaired) electrons. The van der Waals surface area contributed by atoms with Gasteiger partial charge in [-0.25, -0.2) is 4.79 Å². The molecule has 3 N–H and O–H groups in total. The summed E-state index contributed by atoms with van der Waals surface area (Å²) in [7, 11) is 0. The lowest BCUT2D eigenvalue weighted by Crippen LogP contribution is -2.29. The Morgan fingerprint density at radius 3 is 2.89 bits per heavy atom. The number of benzene rings is 1. The fraction of sp³-hybridized carbons (Fsp3) is 0.385. The maximum atomic E-state index is 11.5. The Labute approximate surface area is 106 Å². The van der Waals surface area contributed by atoms with Gasteiger partial charge in [-0.2, -0.15) is 5.26 Å². The van der Waals surface area contributed by atoms with Gasteiger partial charge in [-0.15, -0.1) is 0 Å². The summed E-state index contributed by atoms with van der Waals surface area (Å²) in [5, 5.41) is 22.7. The monoisotopic (exact) mass is 247 g/mol. The van der Waals surface area contributed by atoms with Crippen LogP contribution in [-0.4, -0.2) is 24.3 Å². The highest BCUT2D eigenvalue weighted by Gasteiger charge is 2.01. The molecule has 0 fully saturated rings. The molecule has 0 bridgehead atoms. The third-order valence-corrected chi connectivity index (χ3v) is 2.37. The van der Waals surface area contributed by atoms with Crippen LogP contribution in [0.5, 0.6) is 0 Å². The third-order valence-electron chi connectivity index (χ3n) is 2.37. The van der Waals surface area contributed by atoms with Crippen LogP contribution in [0.25, 0.3) is 0 Å². The van der Waals surface area contributed by atoms with E-state index in [0.717, 1.165) is 19.3 Å². The predicted molar refractivity (Wildman–Crippen MR) is 69.1 cm³/mol. The van der Waals surface area contributed by atoms with Crippen molar-refractivity contribution in [2.75, 3.05) is 18.5 Å². The number of anilines is 1. The fourth-order valence-electron chi connectivity index (χ4n) is 1.46. The molecule has 0 saturated carbocycles. The molecule has 5 heteroatoms. The van der Waals surface area contributed by atoms with Gasteiger partial charge in [0.2, 0.25) is 0 Å². The van der Waals surface area contributed by atoms with Crippen molar-refractivity contribution in [3.8, 4) is 6.07 Å². The number of rotatable bonds is 6. The van der Waals surface area contributed by atoms with Gasteiger partial charge in [-0.05, 0) is 37.5 Å². The number of amides is 2. The van der Waals surface area contributed by atoms with E-state index in [1.54, 1.807) is 24.3 Å². The van der Waals surface area contributed by atoms with E-state index in [1.165, 1.54) is 0 Å². The van der Waals surface area contributed by atoms with E-state index in [-0.39, 0.29) is 12.6 Å². The number of urea groups is 1. The van der Waals surface area contributed by atoms with E-state index in [9.17, 15) is 4.79 Å². The predicted octanol–water partition coefficient (Wildman–Crippen LogP) is 1.84. The SMILES string of the molecule is N#Cc1cccc(NC(=O)NCCCCCO)c1. The van der Waals surface area contributed by atoms with Crippen molar-refractivity contribution >= 4 is 11.7 Å². The van der Waals surface area contributed by atoms with Crippen molar-refractivity contribution in [2.24, 2.45) is 0 Å². The molecule has 0 heterocycles. The highest BCUT2D eigenvalue weighted by atomic mass is 16.2. The quantitative estimate of drug-likeness (QED) is 0.670. The van der Waals surface area contributed by atoms with Crippen molar-refractivity contribution in [2.45, 2.75) is 19.3 Å². The van der Waals surface area contributed by atoms with Crippen LogP contribution in [0.3, 0.4) is 0 Å². The zero-order valence-electron chi connectivity index (χ0n) is 10.1. The first-order chi connectivity index (χ1) is 8.76. The standard InChI is InChI=1S/C13H17N3O2/c14-10-11-5-4-6-12(9-11)16-13(18)15-7-2-1-3-8-17/h4-6,9,17H,1-3,7-8H2,(H2,15,16,18). The molecule has 1 aromatic carbocycles. The molecule has 0 unspecified atom stereocenters. The minimum Gasteiger partial charge on any atom is -0.396 e. The molecule has 0 aromatic heterocycles. The maximum absolute atomic E-state index is 11.5.